The molecule has 1 saturated heterocycles. The molecule has 0 aliphatic carbocycles. The van der Waals surface area contributed by atoms with Crippen molar-refractivity contribution in [3.8, 4) is 0 Å². The van der Waals surface area contributed by atoms with E-state index in [9.17, 15) is 9.59 Å². The monoisotopic (exact) mass is 504 g/mol. The Hall–Kier alpha value is -3.65. The summed E-state index contributed by atoms with van der Waals surface area (Å²) in [4.78, 5) is 33.2. The fourth-order valence-electron chi connectivity index (χ4n) is 5.15. The second kappa shape index (κ2) is 9.43. The first kappa shape index (κ1) is 24.1. The van der Waals surface area contributed by atoms with Crippen LogP contribution in [0.4, 0.5) is 0 Å². The molecule has 1 aliphatic heterocycles. The lowest BCUT2D eigenvalue weighted by Crippen LogP contribution is -2.51. The molecule has 1 aliphatic rings. The predicted molar refractivity (Wildman–Crippen MR) is 139 cm³/mol. The summed E-state index contributed by atoms with van der Waals surface area (Å²) >= 11 is 6.35. The Balaban J connectivity index is 1.42. The molecule has 2 atom stereocenters. The number of amides is 2. The third-order valence-corrected chi connectivity index (χ3v) is 7.48. The summed E-state index contributed by atoms with van der Waals surface area (Å²) in [6.45, 7) is 6.75. The number of pyridine rings is 1. The van der Waals surface area contributed by atoms with Crippen molar-refractivity contribution >= 4 is 29.1 Å². The zero-order valence-electron chi connectivity index (χ0n) is 20.8. The molecule has 1 aromatic carbocycles. The van der Waals surface area contributed by atoms with Gasteiger partial charge in [0.1, 0.15) is 10.8 Å². The van der Waals surface area contributed by atoms with Crippen LogP contribution in [0.15, 0.2) is 48.8 Å². The standard InChI is InChI=1S/C27H29ClN6O2/c1-16-12-20(14-34-17(2)13-29-25(16)34)27(36)33-11-10-22(21(15-33)19-8-6-5-7-9-19)30-26(35)23-18(3)31-32(4)24(23)28/h5-9,12-14,21-22H,10-11,15H2,1-4H3,(H,30,35)/t21-,22-/m1/s1. The van der Waals surface area contributed by atoms with Gasteiger partial charge in [-0.2, -0.15) is 5.10 Å². The smallest absolute Gasteiger partial charge is 0.256 e. The number of halogens is 1. The van der Waals surface area contributed by atoms with Crippen molar-refractivity contribution < 1.29 is 9.59 Å². The third kappa shape index (κ3) is 4.26. The molecule has 1 N–H and O–H groups in total. The Morgan fingerprint density at radius 3 is 2.58 bits per heavy atom. The second-order valence-electron chi connectivity index (χ2n) is 9.52. The Bertz CT molecular complexity index is 1460. The first-order valence-corrected chi connectivity index (χ1v) is 12.4. The molecule has 5 rings (SSSR count). The fraction of sp³-hybridized carbons (Fsp3) is 0.333. The van der Waals surface area contributed by atoms with Gasteiger partial charge < -0.3 is 14.6 Å². The number of rotatable bonds is 4. The van der Waals surface area contributed by atoms with E-state index in [0.717, 1.165) is 22.5 Å². The van der Waals surface area contributed by atoms with E-state index in [1.165, 1.54) is 4.68 Å². The summed E-state index contributed by atoms with van der Waals surface area (Å²) in [6.07, 6.45) is 4.30. The number of piperidine rings is 1. The maximum atomic E-state index is 13.6. The average molecular weight is 505 g/mol. The molecule has 4 aromatic rings. The molecular weight excluding hydrogens is 476 g/mol. The second-order valence-corrected chi connectivity index (χ2v) is 9.87. The highest BCUT2D eigenvalue weighted by atomic mass is 35.5. The van der Waals surface area contributed by atoms with Gasteiger partial charge in [0.25, 0.3) is 11.8 Å². The summed E-state index contributed by atoms with van der Waals surface area (Å²) in [5.74, 6) is -0.332. The summed E-state index contributed by atoms with van der Waals surface area (Å²) in [5, 5.41) is 7.77. The highest BCUT2D eigenvalue weighted by Gasteiger charge is 2.35. The first-order valence-electron chi connectivity index (χ1n) is 12.0. The number of nitrogens with one attached hydrogen (secondary N) is 1. The lowest BCUT2D eigenvalue weighted by atomic mass is 9.85. The van der Waals surface area contributed by atoms with E-state index in [2.05, 4.69) is 15.4 Å². The molecule has 4 heterocycles. The van der Waals surface area contributed by atoms with Gasteiger partial charge in [0.05, 0.1) is 16.8 Å². The minimum absolute atomic E-state index is 0.0232. The lowest BCUT2D eigenvalue weighted by molar-refractivity contribution is 0.0671. The van der Waals surface area contributed by atoms with Crippen LogP contribution in [0.25, 0.3) is 5.65 Å². The Morgan fingerprint density at radius 1 is 1.14 bits per heavy atom. The van der Waals surface area contributed by atoms with Gasteiger partial charge in [-0.15, -0.1) is 0 Å². The number of nitrogens with zero attached hydrogens (tertiary/aromatic N) is 5. The van der Waals surface area contributed by atoms with Crippen LogP contribution in [-0.4, -0.2) is 55.0 Å². The molecule has 1 fully saturated rings. The number of hydrogen-bond acceptors (Lipinski definition) is 4. The molecule has 0 saturated carbocycles. The van der Waals surface area contributed by atoms with Crippen LogP contribution < -0.4 is 5.32 Å². The van der Waals surface area contributed by atoms with Gasteiger partial charge in [-0.05, 0) is 44.4 Å². The fourth-order valence-corrected chi connectivity index (χ4v) is 5.41. The van der Waals surface area contributed by atoms with Crippen molar-refractivity contribution in [3.05, 3.63) is 87.6 Å². The maximum absolute atomic E-state index is 13.6. The van der Waals surface area contributed by atoms with Crippen molar-refractivity contribution in [2.24, 2.45) is 7.05 Å². The normalized spacial score (nSPS) is 18.0. The summed E-state index contributed by atoms with van der Waals surface area (Å²) in [5.41, 5.74) is 5.49. The lowest BCUT2D eigenvalue weighted by Gasteiger charge is -2.39. The van der Waals surface area contributed by atoms with Crippen LogP contribution in [-0.2, 0) is 7.05 Å². The van der Waals surface area contributed by atoms with Gasteiger partial charge in [0, 0.05) is 50.2 Å². The summed E-state index contributed by atoms with van der Waals surface area (Å²) < 4.78 is 3.47. The Morgan fingerprint density at radius 2 is 1.89 bits per heavy atom. The van der Waals surface area contributed by atoms with E-state index in [1.807, 2.05) is 71.9 Å². The van der Waals surface area contributed by atoms with Gasteiger partial charge in [-0.3, -0.25) is 14.3 Å². The SMILES string of the molecule is Cc1nn(C)c(Cl)c1C(=O)N[C@@H]1CCN(C(=O)c2cc(C)c3ncc(C)n3c2)C[C@@H]1c1ccccc1. The molecule has 3 aromatic heterocycles. The van der Waals surface area contributed by atoms with Crippen LogP contribution in [0.5, 0.6) is 0 Å². The number of fused-ring (bicyclic) bond motifs is 1. The van der Waals surface area contributed by atoms with E-state index in [-0.39, 0.29) is 23.8 Å². The van der Waals surface area contributed by atoms with E-state index in [1.54, 1.807) is 14.0 Å². The molecular formula is C27H29ClN6O2. The Labute approximate surface area is 214 Å². The molecule has 8 nitrogen and oxygen atoms in total. The van der Waals surface area contributed by atoms with Crippen molar-refractivity contribution in [2.75, 3.05) is 13.1 Å². The topological polar surface area (TPSA) is 84.5 Å². The Kier molecular flexibility index (Phi) is 6.30. The van der Waals surface area contributed by atoms with Crippen molar-refractivity contribution in [1.29, 1.82) is 0 Å². The molecule has 0 unspecified atom stereocenters. The van der Waals surface area contributed by atoms with Crippen LogP contribution in [0.1, 0.15) is 55.6 Å². The van der Waals surface area contributed by atoms with Crippen LogP contribution in [0.3, 0.4) is 0 Å². The first-order chi connectivity index (χ1) is 17.2. The number of likely N-dealkylation sites (tertiary alicyclic amines) is 1. The zero-order chi connectivity index (χ0) is 25.6. The third-order valence-electron chi connectivity index (χ3n) is 7.05. The number of aryl methyl sites for hydroxylation is 4. The zero-order valence-corrected chi connectivity index (χ0v) is 21.6. The van der Waals surface area contributed by atoms with Crippen LogP contribution in [0, 0.1) is 20.8 Å². The highest BCUT2D eigenvalue weighted by molar-refractivity contribution is 6.33. The summed E-state index contributed by atoms with van der Waals surface area (Å²) in [6, 6.07) is 11.8. The number of carbonyl (C=O) groups is 2. The molecule has 0 radical (unpaired) electrons. The molecule has 186 valence electrons. The van der Waals surface area contributed by atoms with E-state index < -0.39 is 0 Å². The van der Waals surface area contributed by atoms with Crippen LogP contribution in [0.2, 0.25) is 5.15 Å². The molecule has 36 heavy (non-hydrogen) atoms. The number of carbonyl (C=O) groups excluding carboxylic acids is 2. The highest BCUT2D eigenvalue weighted by Crippen LogP contribution is 2.30. The predicted octanol–water partition coefficient (Wildman–Crippen LogP) is 4.07. The van der Waals surface area contributed by atoms with Crippen molar-refractivity contribution in [1.82, 2.24) is 29.4 Å². The van der Waals surface area contributed by atoms with Gasteiger partial charge in [0.15, 0.2) is 0 Å². The van der Waals surface area contributed by atoms with Crippen molar-refractivity contribution in [3.63, 3.8) is 0 Å². The summed E-state index contributed by atoms with van der Waals surface area (Å²) in [7, 11) is 1.72. The quantitative estimate of drug-likeness (QED) is 0.454. The van der Waals surface area contributed by atoms with Gasteiger partial charge in [-0.1, -0.05) is 41.9 Å². The molecule has 2 amide bonds. The number of benzene rings is 1. The number of aromatic nitrogens is 4. The maximum Gasteiger partial charge on any atom is 0.256 e. The van der Waals surface area contributed by atoms with Gasteiger partial charge in [-0.25, -0.2) is 4.98 Å². The number of imidazole rings is 1. The number of hydrogen-bond donors (Lipinski definition) is 1. The minimum atomic E-state index is -0.243. The molecule has 9 heteroatoms. The van der Waals surface area contributed by atoms with E-state index in [0.29, 0.717) is 41.5 Å². The van der Waals surface area contributed by atoms with E-state index >= 15 is 0 Å². The van der Waals surface area contributed by atoms with Crippen molar-refractivity contribution in [2.45, 2.75) is 39.2 Å². The largest absolute Gasteiger partial charge is 0.348 e. The van der Waals surface area contributed by atoms with Gasteiger partial charge in [0.2, 0.25) is 0 Å². The average Bonchev–Trinajstić information content (AvgIpc) is 3.37. The van der Waals surface area contributed by atoms with E-state index in [4.69, 9.17) is 11.6 Å². The molecule has 0 bridgehead atoms. The minimum Gasteiger partial charge on any atom is -0.348 e. The molecule has 0 spiro atoms. The van der Waals surface area contributed by atoms with Crippen LogP contribution >= 0.6 is 11.6 Å². The van der Waals surface area contributed by atoms with Gasteiger partial charge >= 0.3 is 0 Å².